The maximum Gasteiger partial charge on any atom is 0.335 e. The van der Waals surface area contributed by atoms with E-state index < -0.39 is 5.97 Å². The summed E-state index contributed by atoms with van der Waals surface area (Å²) < 4.78 is 5.98. The molecule has 2 aromatic rings. The molecule has 0 atom stereocenters. The smallest absolute Gasteiger partial charge is 0.335 e. The zero-order chi connectivity index (χ0) is 17.9. The molecule has 0 spiro atoms. The third-order valence-corrected chi connectivity index (χ3v) is 5.20. The summed E-state index contributed by atoms with van der Waals surface area (Å²) in [6.45, 7) is 3.91. The molecular formula is C22H23NO3. The molecule has 4 heteroatoms. The predicted octanol–water partition coefficient (Wildman–Crippen LogP) is 4.19. The molecule has 134 valence electrons. The SMILES string of the molecule is O=C(O)c1ccc2c(c1)/C(=C\CCN1CCCC1)c1ccccc1CO2. The quantitative estimate of drug-likeness (QED) is 0.899. The van der Waals surface area contributed by atoms with Crippen LogP contribution >= 0.6 is 0 Å². The molecule has 1 N–H and O–H groups in total. The van der Waals surface area contributed by atoms with Gasteiger partial charge in [-0.05, 0) is 67.3 Å². The molecule has 2 aromatic carbocycles. The summed E-state index contributed by atoms with van der Waals surface area (Å²) in [6.07, 6.45) is 5.77. The molecule has 2 aliphatic rings. The molecule has 0 radical (unpaired) electrons. The number of benzene rings is 2. The van der Waals surface area contributed by atoms with Crippen LogP contribution in [0, 0.1) is 0 Å². The molecule has 0 bridgehead atoms. The van der Waals surface area contributed by atoms with Gasteiger partial charge in [-0.15, -0.1) is 0 Å². The lowest BCUT2D eigenvalue weighted by Gasteiger charge is -2.15. The van der Waals surface area contributed by atoms with Crippen molar-refractivity contribution in [2.24, 2.45) is 0 Å². The number of ether oxygens (including phenoxy) is 1. The largest absolute Gasteiger partial charge is 0.488 e. The van der Waals surface area contributed by atoms with Crippen LogP contribution < -0.4 is 4.74 Å². The third kappa shape index (κ3) is 3.37. The van der Waals surface area contributed by atoms with Crippen molar-refractivity contribution >= 4 is 11.5 Å². The van der Waals surface area contributed by atoms with Crippen molar-refractivity contribution in [3.8, 4) is 5.75 Å². The first kappa shape index (κ1) is 16.9. The van der Waals surface area contributed by atoms with Gasteiger partial charge in [0, 0.05) is 12.1 Å². The molecular weight excluding hydrogens is 326 g/mol. The van der Waals surface area contributed by atoms with Gasteiger partial charge in [0.1, 0.15) is 12.4 Å². The second-order valence-electron chi connectivity index (χ2n) is 6.92. The van der Waals surface area contributed by atoms with Gasteiger partial charge < -0.3 is 14.7 Å². The van der Waals surface area contributed by atoms with Crippen LogP contribution in [0.3, 0.4) is 0 Å². The molecule has 1 fully saturated rings. The number of carboxylic acids is 1. The highest BCUT2D eigenvalue weighted by Crippen LogP contribution is 2.37. The van der Waals surface area contributed by atoms with Gasteiger partial charge in [-0.25, -0.2) is 4.79 Å². The van der Waals surface area contributed by atoms with Crippen molar-refractivity contribution in [1.29, 1.82) is 0 Å². The molecule has 0 saturated carbocycles. The summed E-state index contributed by atoms with van der Waals surface area (Å²) in [5, 5.41) is 9.39. The van der Waals surface area contributed by atoms with Crippen molar-refractivity contribution in [3.63, 3.8) is 0 Å². The zero-order valence-electron chi connectivity index (χ0n) is 14.8. The highest BCUT2D eigenvalue weighted by Gasteiger charge is 2.20. The van der Waals surface area contributed by atoms with Crippen LogP contribution in [-0.2, 0) is 6.61 Å². The summed E-state index contributed by atoms with van der Waals surface area (Å²) in [5.74, 6) is -0.166. The molecule has 4 nitrogen and oxygen atoms in total. The fraction of sp³-hybridized carbons (Fsp3) is 0.318. The number of hydrogen-bond donors (Lipinski definition) is 1. The average molecular weight is 349 g/mol. The minimum absolute atomic E-state index is 0.289. The molecule has 2 heterocycles. The van der Waals surface area contributed by atoms with E-state index in [-0.39, 0.29) is 5.56 Å². The topological polar surface area (TPSA) is 49.8 Å². The van der Waals surface area contributed by atoms with E-state index in [0.717, 1.165) is 41.0 Å². The number of hydrogen-bond acceptors (Lipinski definition) is 3. The minimum Gasteiger partial charge on any atom is -0.488 e. The molecule has 2 aliphatic heterocycles. The molecule has 0 amide bonds. The van der Waals surface area contributed by atoms with Crippen molar-refractivity contribution in [2.75, 3.05) is 19.6 Å². The number of likely N-dealkylation sites (tertiary alicyclic amines) is 1. The van der Waals surface area contributed by atoms with Crippen LogP contribution in [0.2, 0.25) is 0 Å². The van der Waals surface area contributed by atoms with Gasteiger partial charge in [-0.3, -0.25) is 0 Å². The Morgan fingerprint density at radius 2 is 1.92 bits per heavy atom. The van der Waals surface area contributed by atoms with E-state index in [9.17, 15) is 9.90 Å². The lowest BCUT2D eigenvalue weighted by molar-refractivity contribution is 0.0697. The van der Waals surface area contributed by atoms with E-state index in [1.54, 1.807) is 18.2 Å². The minimum atomic E-state index is -0.915. The van der Waals surface area contributed by atoms with E-state index in [4.69, 9.17) is 4.74 Å². The Hall–Kier alpha value is -2.59. The molecule has 0 aliphatic carbocycles. The van der Waals surface area contributed by atoms with Crippen LogP contribution in [0.1, 0.15) is 46.3 Å². The number of nitrogens with zero attached hydrogens (tertiary/aromatic N) is 1. The van der Waals surface area contributed by atoms with Gasteiger partial charge in [0.2, 0.25) is 0 Å². The predicted molar refractivity (Wildman–Crippen MR) is 102 cm³/mol. The fourth-order valence-corrected chi connectivity index (χ4v) is 3.83. The molecule has 0 unspecified atom stereocenters. The second-order valence-corrected chi connectivity index (χ2v) is 6.92. The number of aromatic carboxylic acids is 1. The summed E-state index contributed by atoms with van der Waals surface area (Å²) in [6, 6.07) is 13.3. The molecule has 26 heavy (non-hydrogen) atoms. The Morgan fingerprint density at radius 3 is 2.73 bits per heavy atom. The first-order valence-electron chi connectivity index (χ1n) is 9.24. The highest BCUT2D eigenvalue weighted by atomic mass is 16.5. The van der Waals surface area contributed by atoms with Gasteiger partial charge in [0.25, 0.3) is 0 Å². The van der Waals surface area contributed by atoms with Crippen molar-refractivity contribution < 1.29 is 14.6 Å². The number of fused-ring (bicyclic) bond motifs is 2. The number of rotatable bonds is 4. The Morgan fingerprint density at radius 1 is 1.12 bits per heavy atom. The Kier molecular flexibility index (Phi) is 4.76. The number of carboxylic acid groups (broad SMARTS) is 1. The summed E-state index contributed by atoms with van der Waals surface area (Å²) >= 11 is 0. The van der Waals surface area contributed by atoms with E-state index in [1.165, 1.54) is 25.9 Å². The van der Waals surface area contributed by atoms with E-state index in [1.807, 2.05) is 12.1 Å². The Balaban J connectivity index is 1.74. The summed E-state index contributed by atoms with van der Waals surface area (Å²) in [7, 11) is 0. The number of carbonyl (C=O) groups is 1. The van der Waals surface area contributed by atoms with Gasteiger partial charge >= 0.3 is 5.97 Å². The summed E-state index contributed by atoms with van der Waals surface area (Å²) in [4.78, 5) is 13.9. The van der Waals surface area contributed by atoms with Gasteiger partial charge in [0.05, 0.1) is 5.56 Å². The maximum absolute atomic E-state index is 11.4. The second kappa shape index (κ2) is 7.34. The maximum atomic E-state index is 11.4. The monoisotopic (exact) mass is 349 g/mol. The van der Waals surface area contributed by atoms with Crippen molar-refractivity contribution in [1.82, 2.24) is 4.90 Å². The third-order valence-electron chi connectivity index (χ3n) is 5.20. The standard InChI is InChI=1S/C22H23NO3/c24-22(25)16-9-10-21-20(14-16)19(8-5-13-23-11-3-4-12-23)18-7-2-1-6-17(18)15-26-21/h1-2,6-10,14H,3-5,11-13,15H2,(H,24,25)/b19-8-. The highest BCUT2D eigenvalue weighted by molar-refractivity contribution is 5.92. The first-order chi connectivity index (χ1) is 12.7. The lowest BCUT2D eigenvalue weighted by Crippen LogP contribution is -2.19. The van der Waals surface area contributed by atoms with E-state index >= 15 is 0 Å². The van der Waals surface area contributed by atoms with Crippen LogP contribution in [0.5, 0.6) is 5.75 Å². The first-order valence-corrected chi connectivity index (χ1v) is 9.24. The van der Waals surface area contributed by atoms with Gasteiger partial charge in [-0.2, -0.15) is 0 Å². The van der Waals surface area contributed by atoms with Gasteiger partial charge in [-0.1, -0.05) is 30.3 Å². The van der Waals surface area contributed by atoms with E-state index in [2.05, 4.69) is 23.1 Å². The van der Waals surface area contributed by atoms with Crippen molar-refractivity contribution in [3.05, 3.63) is 70.8 Å². The molecule has 0 aromatic heterocycles. The van der Waals surface area contributed by atoms with Crippen LogP contribution in [-0.4, -0.2) is 35.6 Å². The molecule has 4 rings (SSSR count). The van der Waals surface area contributed by atoms with Crippen LogP contribution in [0.25, 0.3) is 5.57 Å². The summed E-state index contributed by atoms with van der Waals surface area (Å²) in [5.41, 5.74) is 4.51. The Labute approximate surface area is 153 Å². The Bertz CT molecular complexity index is 850. The van der Waals surface area contributed by atoms with E-state index in [0.29, 0.717) is 6.61 Å². The zero-order valence-corrected chi connectivity index (χ0v) is 14.8. The average Bonchev–Trinajstić information content (AvgIpc) is 3.12. The normalized spacial score (nSPS) is 18.1. The lowest BCUT2D eigenvalue weighted by atomic mass is 9.92. The molecule has 1 saturated heterocycles. The van der Waals surface area contributed by atoms with Crippen LogP contribution in [0.15, 0.2) is 48.5 Å². The van der Waals surface area contributed by atoms with Crippen LogP contribution in [0.4, 0.5) is 0 Å². The fourth-order valence-electron chi connectivity index (χ4n) is 3.83. The van der Waals surface area contributed by atoms with Crippen molar-refractivity contribution in [2.45, 2.75) is 25.9 Å². The van der Waals surface area contributed by atoms with Gasteiger partial charge in [0.15, 0.2) is 0 Å².